The molecule has 5 nitrogen and oxygen atoms in total. The van der Waals surface area contributed by atoms with Crippen LogP contribution >= 0.6 is 23.5 Å². The Hall–Kier alpha value is -1.87. The van der Waals surface area contributed by atoms with Crippen molar-refractivity contribution >= 4 is 35.1 Å². The van der Waals surface area contributed by atoms with Gasteiger partial charge in [0.05, 0.1) is 17.1 Å². The molecule has 0 spiro atoms. The minimum atomic E-state index is -0.847. The van der Waals surface area contributed by atoms with Crippen molar-refractivity contribution in [2.75, 3.05) is 16.8 Å². The van der Waals surface area contributed by atoms with Crippen molar-refractivity contribution < 1.29 is 13.6 Å². The number of aromatic amines is 1. The summed E-state index contributed by atoms with van der Waals surface area (Å²) in [6, 6.07) is 4.33. The zero-order valence-electron chi connectivity index (χ0n) is 13.5. The third kappa shape index (κ3) is 6.50. The number of amides is 1. The fraction of sp³-hybridized carbons (Fsp3) is 0.312. The van der Waals surface area contributed by atoms with Gasteiger partial charge in [-0.05, 0) is 24.3 Å². The zero-order valence-corrected chi connectivity index (χ0v) is 15.1. The molecule has 1 amide bonds. The van der Waals surface area contributed by atoms with Crippen molar-refractivity contribution in [3.8, 4) is 0 Å². The summed E-state index contributed by atoms with van der Waals surface area (Å²) in [6.07, 6.45) is 1.04. The highest BCUT2D eigenvalue weighted by Gasteiger charge is 2.10. The first-order valence-electron chi connectivity index (χ1n) is 7.53. The van der Waals surface area contributed by atoms with E-state index in [0.29, 0.717) is 22.7 Å². The molecule has 9 heteroatoms. The van der Waals surface area contributed by atoms with Gasteiger partial charge < -0.3 is 10.3 Å². The first-order chi connectivity index (χ1) is 12.0. The molecular formula is C16H17F2N3O2S2. The van der Waals surface area contributed by atoms with Crippen molar-refractivity contribution in [2.24, 2.45) is 0 Å². The van der Waals surface area contributed by atoms with E-state index in [4.69, 9.17) is 0 Å². The molecule has 134 valence electrons. The fourth-order valence-corrected chi connectivity index (χ4v) is 3.34. The molecule has 1 aromatic carbocycles. The number of aromatic nitrogens is 2. The van der Waals surface area contributed by atoms with Gasteiger partial charge in [-0.2, -0.15) is 11.8 Å². The van der Waals surface area contributed by atoms with Gasteiger partial charge in [-0.25, -0.2) is 13.8 Å². The summed E-state index contributed by atoms with van der Waals surface area (Å²) in [5, 5.41) is 2.68. The predicted molar refractivity (Wildman–Crippen MR) is 97.0 cm³/mol. The molecule has 0 fully saturated rings. The number of rotatable bonds is 8. The maximum absolute atomic E-state index is 13.5. The molecule has 0 saturated carbocycles. The first kappa shape index (κ1) is 19.5. The van der Waals surface area contributed by atoms with Crippen LogP contribution in [0.2, 0.25) is 0 Å². The Balaban J connectivity index is 1.93. The van der Waals surface area contributed by atoms with Crippen LogP contribution in [0.25, 0.3) is 0 Å². The molecular weight excluding hydrogens is 368 g/mol. The normalized spacial score (nSPS) is 10.7. The Kier molecular flexibility index (Phi) is 7.45. The number of carbonyl (C=O) groups is 1. The van der Waals surface area contributed by atoms with Gasteiger partial charge in [-0.1, -0.05) is 18.7 Å². The SMILES string of the molecule is CCCSCc1cc(=O)[nH]c(SCC(=O)Nc2ccc(F)cc2F)n1. The standard InChI is InChI=1S/C16H17F2N3O2S2/c1-2-5-24-8-11-7-14(22)21-16(19-11)25-9-15(23)20-13-4-3-10(17)6-12(13)18/h3-4,6-7H,2,5,8-9H2,1H3,(H,20,23)(H,19,21,22). The second-order valence-electron chi connectivity index (χ2n) is 5.06. The van der Waals surface area contributed by atoms with Crippen molar-refractivity contribution in [1.82, 2.24) is 9.97 Å². The summed E-state index contributed by atoms with van der Waals surface area (Å²) >= 11 is 2.72. The van der Waals surface area contributed by atoms with E-state index in [9.17, 15) is 18.4 Å². The lowest BCUT2D eigenvalue weighted by molar-refractivity contribution is -0.113. The molecule has 0 atom stereocenters. The number of hydrogen-bond donors (Lipinski definition) is 2. The summed E-state index contributed by atoms with van der Waals surface area (Å²) in [4.78, 5) is 30.4. The minimum absolute atomic E-state index is 0.0642. The monoisotopic (exact) mass is 385 g/mol. The van der Waals surface area contributed by atoms with E-state index in [2.05, 4.69) is 22.2 Å². The van der Waals surface area contributed by atoms with Crippen LogP contribution in [0.3, 0.4) is 0 Å². The second-order valence-corrected chi connectivity index (χ2v) is 7.12. The van der Waals surface area contributed by atoms with E-state index in [1.807, 2.05) is 0 Å². The molecule has 2 aromatic rings. The molecule has 0 unspecified atom stereocenters. The Bertz CT molecular complexity index is 799. The molecule has 0 aliphatic carbocycles. The maximum Gasteiger partial charge on any atom is 0.251 e. The summed E-state index contributed by atoms with van der Waals surface area (Å²) in [5.41, 5.74) is 0.266. The van der Waals surface area contributed by atoms with Crippen molar-refractivity contribution in [2.45, 2.75) is 24.3 Å². The largest absolute Gasteiger partial charge is 0.323 e. The van der Waals surface area contributed by atoms with Gasteiger partial charge in [0.25, 0.3) is 5.56 Å². The van der Waals surface area contributed by atoms with Gasteiger partial charge in [-0.15, -0.1) is 0 Å². The highest BCUT2D eigenvalue weighted by molar-refractivity contribution is 7.99. The number of nitrogens with zero attached hydrogens (tertiary/aromatic N) is 1. The summed E-state index contributed by atoms with van der Waals surface area (Å²) in [6.45, 7) is 2.07. The van der Waals surface area contributed by atoms with Crippen LogP contribution in [0.1, 0.15) is 19.0 Å². The first-order valence-corrected chi connectivity index (χ1v) is 9.67. The average Bonchev–Trinajstić information content (AvgIpc) is 2.55. The quantitative estimate of drug-likeness (QED) is 0.414. The van der Waals surface area contributed by atoms with Crippen LogP contribution < -0.4 is 10.9 Å². The minimum Gasteiger partial charge on any atom is -0.323 e. The van der Waals surface area contributed by atoms with Crippen LogP contribution in [-0.2, 0) is 10.5 Å². The fourth-order valence-electron chi connectivity index (χ4n) is 1.86. The number of nitrogens with one attached hydrogen (secondary N) is 2. The van der Waals surface area contributed by atoms with Crippen LogP contribution in [0, 0.1) is 11.6 Å². The van der Waals surface area contributed by atoms with Crippen LogP contribution in [0.15, 0.2) is 34.2 Å². The van der Waals surface area contributed by atoms with Gasteiger partial charge in [0.2, 0.25) is 5.91 Å². The highest BCUT2D eigenvalue weighted by atomic mass is 32.2. The number of carbonyl (C=O) groups excluding carboxylic acids is 1. The van der Waals surface area contributed by atoms with Crippen molar-refractivity contribution in [1.29, 1.82) is 0 Å². The van der Waals surface area contributed by atoms with Crippen molar-refractivity contribution in [3.63, 3.8) is 0 Å². The number of anilines is 1. The van der Waals surface area contributed by atoms with Crippen LogP contribution in [-0.4, -0.2) is 27.4 Å². The lowest BCUT2D eigenvalue weighted by Crippen LogP contribution is -2.16. The Morgan fingerprint density at radius 3 is 2.84 bits per heavy atom. The van der Waals surface area contributed by atoms with Gasteiger partial charge in [0.1, 0.15) is 11.6 Å². The van der Waals surface area contributed by atoms with Crippen molar-refractivity contribution in [3.05, 3.63) is 51.9 Å². The number of halogens is 2. The maximum atomic E-state index is 13.5. The van der Waals surface area contributed by atoms with E-state index in [0.717, 1.165) is 36.1 Å². The van der Waals surface area contributed by atoms with Gasteiger partial charge in [0.15, 0.2) is 5.16 Å². The molecule has 25 heavy (non-hydrogen) atoms. The molecule has 0 aliphatic rings. The molecule has 0 radical (unpaired) electrons. The smallest absolute Gasteiger partial charge is 0.251 e. The molecule has 0 aliphatic heterocycles. The average molecular weight is 385 g/mol. The number of thioether (sulfide) groups is 2. The number of H-pyrrole nitrogens is 1. The third-order valence-electron chi connectivity index (χ3n) is 2.92. The molecule has 1 heterocycles. The summed E-state index contributed by atoms with van der Waals surface area (Å²) < 4.78 is 26.3. The summed E-state index contributed by atoms with van der Waals surface area (Å²) in [5.74, 6) is -0.514. The zero-order chi connectivity index (χ0) is 18.2. The molecule has 2 N–H and O–H groups in total. The third-order valence-corrected chi connectivity index (χ3v) is 4.99. The van der Waals surface area contributed by atoms with Crippen LogP contribution in [0.4, 0.5) is 14.5 Å². The van der Waals surface area contributed by atoms with Gasteiger partial charge in [0, 0.05) is 17.9 Å². The van der Waals surface area contributed by atoms with Crippen LogP contribution in [0.5, 0.6) is 0 Å². The van der Waals surface area contributed by atoms with E-state index in [1.54, 1.807) is 11.8 Å². The highest BCUT2D eigenvalue weighted by Crippen LogP contribution is 2.17. The van der Waals surface area contributed by atoms with E-state index < -0.39 is 17.5 Å². The topological polar surface area (TPSA) is 74.8 Å². The van der Waals surface area contributed by atoms with Gasteiger partial charge >= 0.3 is 0 Å². The van der Waals surface area contributed by atoms with E-state index >= 15 is 0 Å². The van der Waals surface area contributed by atoms with E-state index in [1.165, 1.54) is 6.07 Å². The predicted octanol–water partition coefficient (Wildman–Crippen LogP) is 3.42. The Labute approximate surface area is 152 Å². The summed E-state index contributed by atoms with van der Waals surface area (Å²) in [7, 11) is 0. The lowest BCUT2D eigenvalue weighted by Gasteiger charge is -2.07. The number of benzene rings is 1. The second kappa shape index (κ2) is 9.57. The number of hydrogen-bond acceptors (Lipinski definition) is 5. The Morgan fingerprint density at radius 2 is 2.12 bits per heavy atom. The Morgan fingerprint density at radius 1 is 1.32 bits per heavy atom. The molecule has 0 bridgehead atoms. The van der Waals surface area contributed by atoms with E-state index in [-0.39, 0.29) is 17.0 Å². The lowest BCUT2D eigenvalue weighted by atomic mass is 10.3. The van der Waals surface area contributed by atoms with Gasteiger partial charge in [-0.3, -0.25) is 9.59 Å². The molecule has 1 aromatic heterocycles. The molecule has 0 saturated heterocycles. The molecule has 2 rings (SSSR count).